The van der Waals surface area contributed by atoms with E-state index >= 15 is 0 Å². The number of piperidine rings is 1. The molecule has 1 saturated heterocycles. The summed E-state index contributed by atoms with van der Waals surface area (Å²) in [5.41, 5.74) is 1.98. The van der Waals surface area contributed by atoms with Crippen LogP contribution in [0.4, 0.5) is 0 Å². The SMILES string of the molecule is CSc1ncc(CN2CCC[C@@H](C(=O)c3ccccc3SC)C2)cn1. The van der Waals surface area contributed by atoms with Gasteiger partial charge in [-0.3, -0.25) is 9.69 Å². The number of aromatic nitrogens is 2. The Labute approximate surface area is 157 Å². The number of carbonyl (C=O) groups is 1. The van der Waals surface area contributed by atoms with Gasteiger partial charge in [0, 0.05) is 47.4 Å². The van der Waals surface area contributed by atoms with Crippen molar-refractivity contribution in [2.24, 2.45) is 5.92 Å². The van der Waals surface area contributed by atoms with Gasteiger partial charge < -0.3 is 0 Å². The molecule has 0 aliphatic carbocycles. The molecule has 0 unspecified atom stereocenters. The van der Waals surface area contributed by atoms with E-state index in [1.807, 2.05) is 49.2 Å². The minimum absolute atomic E-state index is 0.0773. The number of thioether (sulfide) groups is 2. The second-order valence-corrected chi connectivity index (χ2v) is 7.84. The van der Waals surface area contributed by atoms with Gasteiger partial charge >= 0.3 is 0 Å². The normalized spacial score (nSPS) is 18.2. The van der Waals surface area contributed by atoms with Crippen molar-refractivity contribution in [1.82, 2.24) is 14.9 Å². The highest BCUT2D eigenvalue weighted by atomic mass is 32.2. The summed E-state index contributed by atoms with van der Waals surface area (Å²) in [7, 11) is 0. The van der Waals surface area contributed by atoms with Gasteiger partial charge in [0.05, 0.1) is 0 Å². The topological polar surface area (TPSA) is 46.1 Å². The number of likely N-dealkylation sites (tertiary alicyclic amines) is 1. The molecule has 2 heterocycles. The zero-order valence-electron chi connectivity index (χ0n) is 14.6. The summed E-state index contributed by atoms with van der Waals surface area (Å²) < 4.78 is 0. The lowest BCUT2D eigenvalue weighted by Crippen LogP contribution is -2.38. The van der Waals surface area contributed by atoms with E-state index in [4.69, 9.17) is 0 Å². The maximum atomic E-state index is 13.0. The molecule has 4 nitrogen and oxygen atoms in total. The van der Waals surface area contributed by atoms with Crippen LogP contribution in [0.2, 0.25) is 0 Å². The van der Waals surface area contributed by atoms with E-state index < -0.39 is 0 Å². The van der Waals surface area contributed by atoms with E-state index in [0.717, 1.165) is 53.7 Å². The van der Waals surface area contributed by atoms with E-state index in [1.165, 1.54) is 0 Å². The second-order valence-electron chi connectivity index (χ2n) is 6.22. The standard InChI is InChI=1S/C19H23N3OS2/c1-24-17-8-4-3-7-16(17)18(23)15-6-5-9-22(13-15)12-14-10-20-19(25-2)21-11-14/h3-4,7-8,10-11,15H,5-6,9,12-13H2,1-2H3/t15-/m1/s1. The Balaban J connectivity index is 1.66. The van der Waals surface area contributed by atoms with Crippen molar-refractivity contribution in [2.75, 3.05) is 25.6 Å². The van der Waals surface area contributed by atoms with Crippen molar-refractivity contribution in [1.29, 1.82) is 0 Å². The summed E-state index contributed by atoms with van der Waals surface area (Å²) in [6, 6.07) is 7.94. The minimum atomic E-state index is 0.0773. The zero-order chi connectivity index (χ0) is 17.6. The van der Waals surface area contributed by atoms with Crippen molar-refractivity contribution in [2.45, 2.75) is 29.4 Å². The number of hydrogen-bond donors (Lipinski definition) is 0. The minimum Gasteiger partial charge on any atom is -0.298 e. The van der Waals surface area contributed by atoms with Gasteiger partial charge in [-0.2, -0.15) is 0 Å². The van der Waals surface area contributed by atoms with Gasteiger partial charge in [-0.25, -0.2) is 9.97 Å². The molecule has 1 fully saturated rings. The van der Waals surface area contributed by atoms with Gasteiger partial charge in [-0.1, -0.05) is 30.0 Å². The van der Waals surface area contributed by atoms with E-state index in [2.05, 4.69) is 14.9 Å². The van der Waals surface area contributed by atoms with Crippen LogP contribution in [0.25, 0.3) is 0 Å². The summed E-state index contributed by atoms with van der Waals surface area (Å²) >= 11 is 3.19. The van der Waals surface area contributed by atoms with Gasteiger partial charge in [0.1, 0.15) is 0 Å². The van der Waals surface area contributed by atoms with E-state index in [-0.39, 0.29) is 11.7 Å². The van der Waals surface area contributed by atoms with Gasteiger partial charge in [0.25, 0.3) is 0 Å². The predicted octanol–water partition coefficient (Wildman–Crippen LogP) is 4.02. The molecule has 3 rings (SSSR count). The fraction of sp³-hybridized carbons (Fsp3) is 0.421. The second kappa shape index (κ2) is 8.83. The largest absolute Gasteiger partial charge is 0.298 e. The van der Waals surface area contributed by atoms with Crippen molar-refractivity contribution < 1.29 is 4.79 Å². The van der Waals surface area contributed by atoms with Crippen LogP contribution in [0.5, 0.6) is 0 Å². The number of ketones is 1. The average Bonchev–Trinajstić information content (AvgIpc) is 2.68. The molecule has 1 aliphatic heterocycles. The van der Waals surface area contributed by atoms with Crippen LogP contribution in [-0.4, -0.2) is 46.3 Å². The molecule has 0 N–H and O–H groups in total. The lowest BCUT2D eigenvalue weighted by molar-refractivity contribution is 0.0808. The van der Waals surface area contributed by atoms with Crippen LogP contribution in [0.1, 0.15) is 28.8 Å². The van der Waals surface area contributed by atoms with Crippen LogP contribution < -0.4 is 0 Å². The van der Waals surface area contributed by atoms with E-state index in [1.54, 1.807) is 23.5 Å². The predicted molar refractivity (Wildman–Crippen MR) is 104 cm³/mol. The highest BCUT2D eigenvalue weighted by molar-refractivity contribution is 7.98. The third kappa shape index (κ3) is 4.63. The molecule has 1 aromatic heterocycles. The van der Waals surface area contributed by atoms with Crippen molar-refractivity contribution in [3.8, 4) is 0 Å². The monoisotopic (exact) mass is 373 g/mol. The first-order valence-electron chi connectivity index (χ1n) is 8.45. The maximum absolute atomic E-state index is 13.0. The van der Waals surface area contributed by atoms with Crippen LogP contribution >= 0.6 is 23.5 Å². The molecule has 0 radical (unpaired) electrons. The smallest absolute Gasteiger partial charge is 0.187 e. The quantitative estimate of drug-likeness (QED) is 0.433. The van der Waals surface area contributed by atoms with Crippen molar-refractivity contribution in [3.05, 3.63) is 47.8 Å². The molecule has 0 bridgehead atoms. The Kier molecular flexibility index (Phi) is 6.51. The number of benzene rings is 1. The Bertz CT molecular complexity index is 721. The molecule has 0 saturated carbocycles. The van der Waals surface area contributed by atoms with Crippen molar-refractivity contribution in [3.63, 3.8) is 0 Å². The summed E-state index contributed by atoms with van der Waals surface area (Å²) in [6.07, 6.45) is 9.82. The highest BCUT2D eigenvalue weighted by Gasteiger charge is 2.27. The number of hydrogen-bond acceptors (Lipinski definition) is 6. The fourth-order valence-electron chi connectivity index (χ4n) is 3.27. The molecular weight excluding hydrogens is 350 g/mol. The van der Waals surface area contributed by atoms with Gasteiger partial charge in [-0.05, 0) is 38.0 Å². The first kappa shape index (κ1) is 18.4. The Morgan fingerprint density at radius 3 is 2.68 bits per heavy atom. The summed E-state index contributed by atoms with van der Waals surface area (Å²) in [6.45, 7) is 2.65. The molecule has 25 heavy (non-hydrogen) atoms. The Morgan fingerprint density at radius 1 is 1.20 bits per heavy atom. The fourth-order valence-corrected chi connectivity index (χ4v) is 4.19. The Morgan fingerprint density at radius 2 is 1.96 bits per heavy atom. The summed E-state index contributed by atoms with van der Waals surface area (Å²) in [5, 5.41) is 0.795. The first-order valence-corrected chi connectivity index (χ1v) is 10.9. The molecular formula is C19H23N3OS2. The van der Waals surface area contributed by atoms with Crippen LogP contribution in [0, 0.1) is 5.92 Å². The zero-order valence-corrected chi connectivity index (χ0v) is 16.3. The molecule has 2 aromatic rings. The van der Waals surface area contributed by atoms with Crippen LogP contribution in [0.3, 0.4) is 0 Å². The molecule has 0 spiro atoms. The number of rotatable bonds is 6. The lowest BCUT2D eigenvalue weighted by atomic mass is 9.90. The van der Waals surface area contributed by atoms with Gasteiger partial charge in [0.2, 0.25) is 0 Å². The number of carbonyl (C=O) groups excluding carboxylic acids is 1. The maximum Gasteiger partial charge on any atom is 0.187 e. The Hall–Kier alpha value is -1.37. The molecule has 1 aromatic carbocycles. The van der Waals surface area contributed by atoms with Crippen LogP contribution in [-0.2, 0) is 6.54 Å². The first-order chi connectivity index (χ1) is 12.2. The van der Waals surface area contributed by atoms with Gasteiger partial charge in [0.15, 0.2) is 10.9 Å². The van der Waals surface area contributed by atoms with E-state index in [9.17, 15) is 4.79 Å². The highest BCUT2D eigenvalue weighted by Crippen LogP contribution is 2.27. The number of Topliss-reactive ketones (excluding diaryl/α,β-unsaturated/α-hetero) is 1. The third-order valence-electron chi connectivity index (χ3n) is 4.52. The van der Waals surface area contributed by atoms with E-state index in [0.29, 0.717) is 0 Å². The van der Waals surface area contributed by atoms with Crippen LogP contribution in [0.15, 0.2) is 46.7 Å². The molecule has 6 heteroatoms. The molecule has 132 valence electrons. The third-order valence-corrected chi connectivity index (χ3v) is 5.89. The molecule has 0 amide bonds. The lowest BCUT2D eigenvalue weighted by Gasteiger charge is -2.32. The summed E-state index contributed by atoms with van der Waals surface area (Å²) in [5.74, 6) is 0.358. The van der Waals surface area contributed by atoms with Gasteiger partial charge in [-0.15, -0.1) is 11.8 Å². The van der Waals surface area contributed by atoms with Crippen molar-refractivity contribution >= 4 is 29.3 Å². The molecule has 1 atom stereocenters. The number of nitrogens with zero attached hydrogens (tertiary/aromatic N) is 3. The summed E-state index contributed by atoms with van der Waals surface area (Å²) in [4.78, 5) is 25.1. The molecule has 1 aliphatic rings. The average molecular weight is 374 g/mol.